The van der Waals surface area contributed by atoms with Gasteiger partial charge in [-0.2, -0.15) is 0 Å². The lowest BCUT2D eigenvalue weighted by molar-refractivity contribution is -0.660. The molecule has 23 heavy (non-hydrogen) atoms. The van der Waals surface area contributed by atoms with Crippen LogP contribution < -0.4 is 9.13 Å². The van der Waals surface area contributed by atoms with Crippen molar-refractivity contribution in [1.82, 2.24) is 0 Å². The number of hydrogen-bond acceptors (Lipinski definition) is 0. The minimum absolute atomic E-state index is 1.23. The van der Waals surface area contributed by atoms with Crippen LogP contribution in [-0.2, 0) is 14.1 Å². The van der Waals surface area contributed by atoms with Gasteiger partial charge < -0.3 is 0 Å². The maximum absolute atomic E-state index is 2.28. The van der Waals surface area contributed by atoms with E-state index in [1.807, 2.05) is 0 Å². The van der Waals surface area contributed by atoms with E-state index in [1.165, 1.54) is 39.2 Å². The van der Waals surface area contributed by atoms with Gasteiger partial charge in [0.25, 0.3) is 0 Å². The number of nitrogens with zero attached hydrogens (tertiary/aromatic N) is 2. The summed E-state index contributed by atoms with van der Waals surface area (Å²) in [7, 11) is 4.22. The van der Waals surface area contributed by atoms with Gasteiger partial charge in [-0.25, -0.2) is 9.13 Å². The summed E-state index contributed by atoms with van der Waals surface area (Å²) in [5.74, 6) is 0. The first-order valence-electron chi connectivity index (χ1n) is 8.01. The quantitative estimate of drug-likeness (QED) is 0.639. The van der Waals surface area contributed by atoms with Gasteiger partial charge in [-0.15, -0.1) is 0 Å². The fourth-order valence-electron chi connectivity index (χ4n) is 3.14. The zero-order valence-electron chi connectivity index (χ0n) is 14.6. The monoisotopic (exact) mass is 304 g/mol. The predicted molar refractivity (Wildman–Crippen MR) is 93.9 cm³/mol. The molecule has 0 unspecified atom stereocenters. The summed E-state index contributed by atoms with van der Waals surface area (Å²) < 4.78 is 4.39. The lowest BCUT2D eigenvalue weighted by Gasteiger charge is -2.10. The molecular weight excluding hydrogens is 280 g/mol. The van der Waals surface area contributed by atoms with Crippen LogP contribution in [0.2, 0.25) is 0 Å². The van der Waals surface area contributed by atoms with Crippen LogP contribution in [0.4, 0.5) is 0 Å². The van der Waals surface area contributed by atoms with Crippen molar-refractivity contribution in [3.63, 3.8) is 0 Å². The third kappa shape index (κ3) is 2.77. The Balaban J connectivity index is 2.22. The largest absolute Gasteiger partial charge is 0.212 e. The van der Waals surface area contributed by atoms with E-state index in [4.69, 9.17) is 0 Å². The van der Waals surface area contributed by atoms with E-state index in [0.29, 0.717) is 0 Å². The molecule has 0 saturated heterocycles. The topological polar surface area (TPSA) is 7.76 Å². The molecule has 2 heterocycles. The first kappa shape index (κ1) is 15.4. The standard InChI is InChI=1S/C21H24N2/c1-15-13-21(23(5)14-16(15)2)19-10-8-9-18(17(19)3)20-11-6-7-12-22(20)4/h6-14H,1-5H3/q+2. The highest BCUT2D eigenvalue weighted by Gasteiger charge is 2.19. The average molecular weight is 304 g/mol. The van der Waals surface area contributed by atoms with Crippen LogP contribution in [0, 0.1) is 20.8 Å². The first-order valence-corrected chi connectivity index (χ1v) is 8.01. The van der Waals surface area contributed by atoms with Crippen molar-refractivity contribution in [2.45, 2.75) is 20.8 Å². The summed E-state index contributed by atoms with van der Waals surface area (Å²) in [4.78, 5) is 0. The SMILES string of the molecule is Cc1cc(-c2cccc(-c3cccc[n+]3C)c2C)[n+](C)cc1C. The molecule has 2 aromatic heterocycles. The Kier molecular flexibility index (Phi) is 3.99. The summed E-state index contributed by atoms with van der Waals surface area (Å²) in [6, 6.07) is 15.2. The smallest absolute Gasteiger partial charge is 0.201 e. The molecule has 2 heteroatoms. The third-order valence-corrected chi connectivity index (χ3v) is 4.68. The number of benzene rings is 1. The molecule has 3 rings (SSSR count). The van der Waals surface area contributed by atoms with Gasteiger partial charge >= 0.3 is 0 Å². The zero-order valence-corrected chi connectivity index (χ0v) is 14.6. The molecule has 1 aromatic carbocycles. The van der Waals surface area contributed by atoms with Crippen LogP contribution in [0.25, 0.3) is 22.5 Å². The molecule has 0 bridgehead atoms. The summed E-state index contributed by atoms with van der Waals surface area (Å²) in [5, 5.41) is 0. The lowest BCUT2D eigenvalue weighted by Crippen LogP contribution is -2.32. The summed E-state index contributed by atoms with van der Waals surface area (Å²) in [5.41, 5.74) is 9.02. The van der Waals surface area contributed by atoms with Crippen LogP contribution in [0.15, 0.2) is 54.9 Å². The maximum Gasteiger partial charge on any atom is 0.212 e. The molecule has 0 N–H and O–H groups in total. The Bertz CT molecular complexity index is 879. The van der Waals surface area contributed by atoms with Gasteiger partial charge in [0, 0.05) is 34.9 Å². The Labute approximate surface area is 138 Å². The second-order valence-corrected chi connectivity index (χ2v) is 6.31. The summed E-state index contributed by atoms with van der Waals surface area (Å²) in [6.45, 7) is 6.55. The fraction of sp³-hybridized carbons (Fsp3) is 0.238. The van der Waals surface area contributed by atoms with E-state index < -0.39 is 0 Å². The van der Waals surface area contributed by atoms with Crippen LogP contribution >= 0.6 is 0 Å². The Hall–Kier alpha value is -2.48. The molecule has 0 amide bonds. The van der Waals surface area contributed by atoms with Gasteiger partial charge in [0.05, 0.1) is 0 Å². The van der Waals surface area contributed by atoms with E-state index in [2.05, 4.69) is 98.9 Å². The molecule has 2 nitrogen and oxygen atoms in total. The number of rotatable bonds is 2. The van der Waals surface area contributed by atoms with Gasteiger partial charge in [0.1, 0.15) is 14.1 Å². The first-order chi connectivity index (χ1) is 11.0. The number of aromatic nitrogens is 2. The molecule has 0 aliphatic heterocycles. The molecule has 0 aliphatic rings. The molecule has 0 atom stereocenters. The second kappa shape index (κ2) is 5.96. The van der Waals surface area contributed by atoms with Crippen LogP contribution in [0.5, 0.6) is 0 Å². The summed E-state index contributed by atoms with van der Waals surface area (Å²) >= 11 is 0. The second-order valence-electron chi connectivity index (χ2n) is 6.31. The van der Waals surface area contributed by atoms with Crippen molar-refractivity contribution >= 4 is 0 Å². The minimum atomic E-state index is 1.23. The highest BCUT2D eigenvalue weighted by atomic mass is 14.9. The third-order valence-electron chi connectivity index (χ3n) is 4.68. The molecule has 0 aliphatic carbocycles. The van der Waals surface area contributed by atoms with E-state index in [1.54, 1.807) is 0 Å². The van der Waals surface area contributed by atoms with Gasteiger partial charge in [0.2, 0.25) is 11.4 Å². The van der Waals surface area contributed by atoms with Crippen molar-refractivity contribution < 1.29 is 9.13 Å². The van der Waals surface area contributed by atoms with Crippen molar-refractivity contribution in [2.24, 2.45) is 14.1 Å². The highest BCUT2D eigenvalue weighted by Crippen LogP contribution is 2.29. The number of aryl methyl sites for hydroxylation is 4. The lowest BCUT2D eigenvalue weighted by atomic mass is 9.96. The maximum atomic E-state index is 2.28. The van der Waals surface area contributed by atoms with Gasteiger partial charge in [-0.1, -0.05) is 6.07 Å². The van der Waals surface area contributed by atoms with Crippen molar-refractivity contribution in [3.05, 3.63) is 71.5 Å². The van der Waals surface area contributed by atoms with E-state index >= 15 is 0 Å². The molecule has 0 fully saturated rings. The fourth-order valence-corrected chi connectivity index (χ4v) is 3.14. The Morgan fingerprint density at radius 1 is 0.696 bits per heavy atom. The molecule has 0 spiro atoms. The van der Waals surface area contributed by atoms with Crippen molar-refractivity contribution in [1.29, 1.82) is 0 Å². The van der Waals surface area contributed by atoms with E-state index in [9.17, 15) is 0 Å². The summed E-state index contributed by atoms with van der Waals surface area (Å²) in [6.07, 6.45) is 4.30. The van der Waals surface area contributed by atoms with Gasteiger partial charge in [-0.3, -0.25) is 0 Å². The average Bonchev–Trinajstić information content (AvgIpc) is 2.52. The molecule has 116 valence electrons. The highest BCUT2D eigenvalue weighted by molar-refractivity contribution is 5.73. The predicted octanol–water partition coefficient (Wildman–Crippen LogP) is 3.59. The Morgan fingerprint density at radius 3 is 2.09 bits per heavy atom. The van der Waals surface area contributed by atoms with E-state index in [-0.39, 0.29) is 0 Å². The molecular formula is C21H24N2+2. The Morgan fingerprint density at radius 2 is 1.39 bits per heavy atom. The number of hydrogen-bond donors (Lipinski definition) is 0. The van der Waals surface area contributed by atoms with Crippen molar-refractivity contribution in [3.8, 4) is 22.5 Å². The van der Waals surface area contributed by atoms with E-state index in [0.717, 1.165) is 0 Å². The van der Waals surface area contributed by atoms with Crippen molar-refractivity contribution in [2.75, 3.05) is 0 Å². The normalized spacial score (nSPS) is 10.8. The van der Waals surface area contributed by atoms with Crippen LogP contribution in [0.3, 0.4) is 0 Å². The van der Waals surface area contributed by atoms with Crippen LogP contribution in [-0.4, -0.2) is 0 Å². The van der Waals surface area contributed by atoms with Gasteiger partial charge in [0.15, 0.2) is 12.4 Å². The number of pyridine rings is 2. The zero-order chi connectivity index (χ0) is 16.6. The molecule has 0 radical (unpaired) electrons. The van der Waals surface area contributed by atoms with Gasteiger partial charge in [-0.05, 0) is 50.1 Å². The van der Waals surface area contributed by atoms with Crippen LogP contribution in [0.1, 0.15) is 16.7 Å². The molecule has 0 saturated carbocycles. The molecule has 3 aromatic rings. The minimum Gasteiger partial charge on any atom is -0.201 e.